The van der Waals surface area contributed by atoms with Gasteiger partial charge < -0.3 is 19.7 Å². The molecule has 0 aliphatic heterocycles. The third-order valence-electron chi connectivity index (χ3n) is 6.65. The Balaban J connectivity index is 1.43. The molecule has 3 aromatic carbocycles. The number of carbonyl (C=O) groups is 3. The number of ether oxygens (including phenoxy) is 2. The molecule has 4 rings (SSSR count). The maximum absolute atomic E-state index is 13.7. The molecule has 1 N–H and O–H groups in total. The van der Waals surface area contributed by atoms with Gasteiger partial charge in [0.25, 0.3) is 0 Å². The first-order valence-electron chi connectivity index (χ1n) is 13.2. The topological polar surface area (TPSA) is 84.9 Å². The van der Waals surface area contributed by atoms with Crippen LogP contribution in [0.25, 0.3) is 0 Å². The molecule has 2 unspecified atom stereocenters. The molecule has 0 bridgehead atoms. The number of carbonyl (C=O) groups excluding carboxylic acids is 3. The lowest BCUT2D eigenvalue weighted by atomic mass is 9.95. The Morgan fingerprint density at radius 3 is 2.08 bits per heavy atom. The molecule has 1 aliphatic carbocycles. The number of amides is 2. The van der Waals surface area contributed by atoms with E-state index < -0.39 is 23.8 Å². The minimum Gasteiger partial charge on any atom is -0.445 e. The van der Waals surface area contributed by atoms with Crippen LogP contribution in [-0.4, -0.2) is 47.6 Å². The predicted octanol–water partition coefficient (Wildman–Crippen LogP) is 6.13. The zero-order chi connectivity index (χ0) is 28.0. The van der Waals surface area contributed by atoms with Crippen LogP contribution in [-0.2, 0) is 22.5 Å². The first kappa shape index (κ1) is 27.9. The lowest BCUT2D eigenvalue weighted by Gasteiger charge is -2.27. The van der Waals surface area contributed by atoms with E-state index in [9.17, 15) is 14.4 Å². The van der Waals surface area contributed by atoms with Crippen LogP contribution in [0.1, 0.15) is 60.2 Å². The predicted molar refractivity (Wildman–Crippen MR) is 150 cm³/mol. The molecule has 7 heteroatoms. The van der Waals surface area contributed by atoms with Gasteiger partial charge in [-0.3, -0.25) is 4.79 Å². The van der Waals surface area contributed by atoms with Crippen LogP contribution in [0.15, 0.2) is 84.9 Å². The van der Waals surface area contributed by atoms with E-state index in [0.29, 0.717) is 12.0 Å². The third kappa shape index (κ3) is 7.93. The Morgan fingerprint density at radius 2 is 1.49 bits per heavy atom. The van der Waals surface area contributed by atoms with E-state index in [0.717, 1.165) is 23.1 Å². The number of likely N-dealkylation sites (N-methyl/N-ethyl adjacent to an activating group) is 1. The average molecular weight is 529 g/mol. The average Bonchev–Trinajstić information content (AvgIpc) is 3.68. The van der Waals surface area contributed by atoms with Crippen LogP contribution in [0.3, 0.4) is 0 Å². The summed E-state index contributed by atoms with van der Waals surface area (Å²) in [5.74, 6) is 0.0150. The summed E-state index contributed by atoms with van der Waals surface area (Å²) in [6.07, 6.45) is 0.203. The number of hydrogen-bond donors (Lipinski definition) is 1. The molecular formula is C32H36N2O5. The van der Waals surface area contributed by atoms with Gasteiger partial charge in [0.2, 0.25) is 0 Å². The van der Waals surface area contributed by atoms with Crippen molar-refractivity contribution in [1.82, 2.24) is 10.2 Å². The minimum atomic E-state index is -0.732. The van der Waals surface area contributed by atoms with Crippen molar-refractivity contribution >= 4 is 18.0 Å². The maximum atomic E-state index is 13.7. The monoisotopic (exact) mass is 528 g/mol. The Bertz CT molecular complexity index is 1270. The molecule has 1 saturated carbocycles. The molecule has 0 aromatic heterocycles. The molecule has 0 saturated heterocycles. The number of nitrogens with one attached hydrogen (secondary N) is 1. The fourth-order valence-electron chi connectivity index (χ4n) is 4.46. The summed E-state index contributed by atoms with van der Waals surface area (Å²) in [5.41, 5.74) is 2.83. The van der Waals surface area contributed by atoms with Gasteiger partial charge in [-0.05, 0) is 43.9 Å². The van der Waals surface area contributed by atoms with E-state index in [2.05, 4.69) is 5.32 Å². The second-order valence-corrected chi connectivity index (χ2v) is 10.9. The van der Waals surface area contributed by atoms with Gasteiger partial charge >= 0.3 is 12.2 Å². The first-order chi connectivity index (χ1) is 18.6. The van der Waals surface area contributed by atoms with Gasteiger partial charge in [-0.2, -0.15) is 0 Å². The Labute approximate surface area is 230 Å². The summed E-state index contributed by atoms with van der Waals surface area (Å²) in [6, 6.07) is 25.8. The molecule has 7 nitrogen and oxygen atoms in total. The SMILES string of the molecule is CN(C(=O)OCc1ccccc1)[C@@H](Cc1ccccc1)C(=O)c1ccc(C2CC2NC(=O)OC(C)(C)C)cc1. The summed E-state index contributed by atoms with van der Waals surface area (Å²) in [7, 11) is 1.60. The highest BCUT2D eigenvalue weighted by Gasteiger charge is 2.40. The highest BCUT2D eigenvalue weighted by molar-refractivity contribution is 6.01. The standard InChI is InChI=1S/C32H36N2O5/c1-32(2,3)39-30(36)33-27-20-26(27)24-15-17-25(18-16-24)29(35)28(19-22-11-7-5-8-12-22)34(4)31(37)38-21-23-13-9-6-10-14-23/h5-18,26-28H,19-21H2,1-4H3,(H,33,36)/t26?,27?,28-/m0/s1. The number of alkyl carbamates (subject to hydrolysis) is 1. The summed E-state index contributed by atoms with van der Waals surface area (Å²) in [4.78, 5) is 40.1. The van der Waals surface area contributed by atoms with Crippen LogP contribution in [0, 0.1) is 0 Å². The van der Waals surface area contributed by atoms with Crippen molar-refractivity contribution in [3.05, 3.63) is 107 Å². The van der Waals surface area contributed by atoms with Crippen LogP contribution in [0.4, 0.5) is 9.59 Å². The van der Waals surface area contributed by atoms with Gasteiger partial charge in [0, 0.05) is 31.0 Å². The molecular weight excluding hydrogens is 492 g/mol. The van der Waals surface area contributed by atoms with Crippen molar-refractivity contribution < 1.29 is 23.9 Å². The van der Waals surface area contributed by atoms with E-state index >= 15 is 0 Å². The van der Waals surface area contributed by atoms with Gasteiger partial charge in [0.05, 0.1) is 0 Å². The van der Waals surface area contributed by atoms with E-state index in [1.54, 1.807) is 19.2 Å². The summed E-state index contributed by atoms with van der Waals surface area (Å²) in [6.45, 7) is 5.62. The van der Waals surface area contributed by atoms with Crippen molar-refractivity contribution in [2.45, 2.75) is 63.8 Å². The highest BCUT2D eigenvalue weighted by Crippen LogP contribution is 2.41. The number of nitrogens with zero attached hydrogens (tertiary/aromatic N) is 1. The number of rotatable bonds is 9. The normalized spacial score (nSPS) is 17.0. The quantitative estimate of drug-likeness (QED) is 0.338. The van der Waals surface area contributed by atoms with Crippen molar-refractivity contribution in [3.63, 3.8) is 0 Å². The van der Waals surface area contributed by atoms with Crippen molar-refractivity contribution in [2.24, 2.45) is 0 Å². The lowest BCUT2D eigenvalue weighted by molar-refractivity contribution is 0.0522. The molecule has 204 valence electrons. The zero-order valence-electron chi connectivity index (χ0n) is 22.9. The number of Topliss-reactive ketones (excluding diaryl/α,β-unsaturated/α-hetero) is 1. The third-order valence-corrected chi connectivity index (χ3v) is 6.65. The highest BCUT2D eigenvalue weighted by atomic mass is 16.6. The Kier molecular flexibility index (Phi) is 8.69. The Hall–Kier alpha value is -4.13. The van der Waals surface area contributed by atoms with Gasteiger partial charge in [-0.15, -0.1) is 0 Å². The maximum Gasteiger partial charge on any atom is 0.410 e. The minimum absolute atomic E-state index is 0.0118. The van der Waals surface area contributed by atoms with Crippen LogP contribution in [0.2, 0.25) is 0 Å². The van der Waals surface area contributed by atoms with Gasteiger partial charge in [-0.1, -0.05) is 84.9 Å². The molecule has 0 heterocycles. The number of benzene rings is 3. The van der Waals surface area contributed by atoms with Crippen LogP contribution in [0.5, 0.6) is 0 Å². The van der Waals surface area contributed by atoms with Crippen molar-refractivity contribution in [2.75, 3.05) is 7.05 Å². The molecule has 1 aliphatic rings. The van der Waals surface area contributed by atoms with Crippen molar-refractivity contribution in [3.8, 4) is 0 Å². The number of hydrogen-bond acceptors (Lipinski definition) is 5. The molecule has 39 heavy (non-hydrogen) atoms. The van der Waals surface area contributed by atoms with E-state index in [-0.39, 0.29) is 24.3 Å². The van der Waals surface area contributed by atoms with E-state index in [1.807, 2.05) is 93.6 Å². The molecule has 0 spiro atoms. The first-order valence-corrected chi connectivity index (χ1v) is 13.2. The lowest BCUT2D eigenvalue weighted by Crippen LogP contribution is -2.44. The summed E-state index contributed by atoms with van der Waals surface area (Å²) < 4.78 is 10.9. The fourth-order valence-corrected chi connectivity index (χ4v) is 4.46. The second-order valence-electron chi connectivity index (χ2n) is 10.9. The van der Waals surface area contributed by atoms with Gasteiger partial charge in [-0.25, -0.2) is 9.59 Å². The zero-order valence-corrected chi connectivity index (χ0v) is 22.9. The van der Waals surface area contributed by atoms with Crippen LogP contribution >= 0.6 is 0 Å². The van der Waals surface area contributed by atoms with E-state index in [4.69, 9.17) is 9.47 Å². The van der Waals surface area contributed by atoms with Crippen molar-refractivity contribution in [1.29, 1.82) is 0 Å². The van der Waals surface area contributed by atoms with Crippen LogP contribution < -0.4 is 5.32 Å². The molecule has 1 fully saturated rings. The molecule has 3 aromatic rings. The summed E-state index contributed by atoms with van der Waals surface area (Å²) in [5, 5.41) is 2.91. The fraction of sp³-hybridized carbons (Fsp3) is 0.344. The van der Waals surface area contributed by atoms with Gasteiger partial charge in [0.1, 0.15) is 18.2 Å². The molecule has 0 radical (unpaired) electrons. The van der Waals surface area contributed by atoms with Gasteiger partial charge in [0.15, 0.2) is 5.78 Å². The number of ketones is 1. The largest absolute Gasteiger partial charge is 0.445 e. The second kappa shape index (κ2) is 12.2. The molecule has 2 amide bonds. The molecule has 3 atom stereocenters. The Morgan fingerprint density at radius 1 is 0.897 bits per heavy atom. The summed E-state index contributed by atoms with van der Waals surface area (Å²) >= 11 is 0. The van der Waals surface area contributed by atoms with E-state index in [1.165, 1.54) is 4.90 Å². The smallest absolute Gasteiger partial charge is 0.410 e.